The van der Waals surface area contributed by atoms with Crippen LogP contribution in [0.25, 0.3) is 0 Å². The molecule has 0 aromatic carbocycles. The summed E-state index contributed by atoms with van der Waals surface area (Å²) >= 11 is 0. The molecule has 0 aliphatic heterocycles. The van der Waals surface area contributed by atoms with Gasteiger partial charge in [0, 0.05) is 32.4 Å². The van der Waals surface area contributed by atoms with E-state index in [0.29, 0.717) is 12.2 Å². The molecule has 2 rings (SSSR count). The Balaban J connectivity index is 2.10. The molecule has 0 amide bonds. The van der Waals surface area contributed by atoms with Crippen LogP contribution in [0.4, 0.5) is 0 Å². The average molecular weight is 428 g/mol. The lowest BCUT2D eigenvalue weighted by Crippen LogP contribution is -2.42. The predicted molar refractivity (Wildman–Crippen MR) is 116 cm³/mol. The van der Waals surface area contributed by atoms with E-state index in [9.17, 15) is 13.2 Å². The van der Waals surface area contributed by atoms with Gasteiger partial charge in [0.25, 0.3) is 15.8 Å². The van der Waals surface area contributed by atoms with E-state index < -0.39 is 16.3 Å². The summed E-state index contributed by atoms with van der Waals surface area (Å²) in [5.41, 5.74) is 1.49. The third-order valence-electron chi connectivity index (χ3n) is 5.75. The number of nitrogens with zero attached hydrogens (tertiary/aromatic N) is 2. The van der Waals surface area contributed by atoms with Gasteiger partial charge in [0.05, 0.1) is 18.8 Å². The number of aryl methyl sites for hydroxylation is 2. The van der Waals surface area contributed by atoms with E-state index >= 15 is 0 Å². The highest BCUT2D eigenvalue weighted by atomic mass is 32.2. The molecule has 0 spiro atoms. The van der Waals surface area contributed by atoms with E-state index in [1.807, 2.05) is 13.0 Å². The Morgan fingerprint density at radius 1 is 1.24 bits per heavy atom. The summed E-state index contributed by atoms with van der Waals surface area (Å²) in [7, 11) is -0.623. The zero-order valence-electron chi connectivity index (χ0n) is 18.5. The maximum Gasteiger partial charge on any atom is 0.279 e. The molecule has 0 radical (unpaired) electrons. The van der Waals surface area contributed by atoms with Crippen molar-refractivity contribution in [3.63, 3.8) is 0 Å². The van der Waals surface area contributed by atoms with Gasteiger partial charge in [-0.2, -0.15) is 17.4 Å². The number of rotatable bonds is 10. The van der Waals surface area contributed by atoms with E-state index in [4.69, 9.17) is 4.74 Å². The number of pyridine rings is 1. The zero-order valence-corrected chi connectivity index (χ0v) is 19.3. The molecule has 0 saturated heterocycles. The summed E-state index contributed by atoms with van der Waals surface area (Å²) in [6.07, 6.45) is 8.88. The Morgan fingerprint density at radius 3 is 2.48 bits per heavy atom. The normalized spacial score (nSPS) is 21.4. The van der Waals surface area contributed by atoms with E-state index in [0.717, 1.165) is 28.6 Å². The third kappa shape index (κ3) is 6.91. The molecule has 29 heavy (non-hydrogen) atoms. The van der Waals surface area contributed by atoms with Crippen LogP contribution in [0.5, 0.6) is 0 Å². The molecule has 1 aromatic rings. The van der Waals surface area contributed by atoms with E-state index in [1.165, 1.54) is 39.8 Å². The fourth-order valence-electron chi connectivity index (χ4n) is 4.00. The predicted octanol–water partition coefficient (Wildman–Crippen LogP) is 2.78. The molecule has 7 nitrogen and oxygen atoms in total. The number of ether oxygens (including phenoxy) is 1. The first-order chi connectivity index (χ1) is 13.6. The topological polar surface area (TPSA) is 80.6 Å². The molecule has 1 aromatic heterocycles. The molecule has 0 bridgehead atoms. The minimum atomic E-state index is -3.58. The van der Waals surface area contributed by atoms with Gasteiger partial charge in [0.2, 0.25) is 0 Å². The highest BCUT2D eigenvalue weighted by molar-refractivity contribution is 7.87. The van der Waals surface area contributed by atoms with Gasteiger partial charge in [-0.25, -0.2) is 0 Å². The van der Waals surface area contributed by atoms with Crippen LogP contribution in [0.2, 0.25) is 0 Å². The Labute approximate surface area is 175 Å². The van der Waals surface area contributed by atoms with Crippen LogP contribution >= 0.6 is 0 Å². The molecule has 1 saturated carbocycles. The van der Waals surface area contributed by atoms with Crippen molar-refractivity contribution < 1.29 is 13.2 Å². The van der Waals surface area contributed by atoms with Crippen LogP contribution in [0.15, 0.2) is 17.1 Å². The average Bonchev–Trinajstić information content (AvgIpc) is 2.66. The van der Waals surface area contributed by atoms with E-state index in [2.05, 4.69) is 11.6 Å². The third-order valence-corrected chi connectivity index (χ3v) is 7.24. The van der Waals surface area contributed by atoms with Gasteiger partial charge in [-0.15, -0.1) is 0 Å². The lowest BCUT2D eigenvalue weighted by Gasteiger charge is -2.30. The molecule has 1 unspecified atom stereocenters. The molecule has 8 heteroatoms. The Morgan fingerprint density at radius 2 is 1.90 bits per heavy atom. The van der Waals surface area contributed by atoms with Crippen molar-refractivity contribution in [1.29, 1.82) is 0 Å². The SMILES string of the molecule is CCCC1CCC(OCC(CNS(=O)(=O)N(C)C)n2cc(C)cc(C)c2=O)CC1. The van der Waals surface area contributed by atoms with Crippen molar-refractivity contribution in [3.05, 3.63) is 33.7 Å². The molecule has 1 N–H and O–H groups in total. The number of aromatic nitrogens is 1. The quantitative estimate of drug-likeness (QED) is 0.623. The van der Waals surface area contributed by atoms with Crippen LogP contribution in [0.3, 0.4) is 0 Å². The Hall–Kier alpha value is -1.22. The smallest absolute Gasteiger partial charge is 0.279 e. The van der Waals surface area contributed by atoms with Gasteiger partial charge in [-0.3, -0.25) is 4.79 Å². The summed E-state index contributed by atoms with van der Waals surface area (Å²) in [5.74, 6) is 0.796. The van der Waals surface area contributed by atoms with Crippen LogP contribution in [0.1, 0.15) is 62.6 Å². The summed E-state index contributed by atoms with van der Waals surface area (Å²) in [4.78, 5) is 12.7. The van der Waals surface area contributed by atoms with Crippen molar-refractivity contribution in [2.24, 2.45) is 5.92 Å². The first-order valence-corrected chi connectivity index (χ1v) is 12.1. The second kappa shape index (κ2) is 10.7. The van der Waals surface area contributed by atoms with Gasteiger partial charge in [0.1, 0.15) is 0 Å². The highest BCUT2D eigenvalue weighted by Gasteiger charge is 2.24. The van der Waals surface area contributed by atoms with Crippen molar-refractivity contribution in [3.8, 4) is 0 Å². The Bertz CT molecular complexity index is 812. The second-order valence-corrected chi connectivity index (χ2v) is 10.4. The molecule has 1 aliphatic rings. The van der Waals surface area contributed by atoms with Crippen LogP contribution in [0, 0.1) is 19.8 Å². The van der Waals surface area contributed by atoms with Crippen LogP contribution in [-0.2, 0) is 14.9 Å². The van der Waals surface area contributed by atoms with Gasteiger partial charge in [-0.05, 0) is 57.1 Å². The van der Waals surface area contributed by atoms with Gasteiger partial charge < -0.3 is 9.30 Å². The fraction of sp³-hybridized carbons (Fsp3) is 0.762. The minimum absolute atomic E-state index is 0.106. The van der Waals surface area contributed by atoms with Crippen molar-refractivity contribution >= 4 is 10.2 Å². The number of hydrogen-bond donors (Lipinski definition) is 1. The standard InChI is InChI=1S/C21H37N3O4S/c1-6-7-18-8-10-20(11-9-18)28-15-19(13-22-29(26,27)23(4)5)24-14-16(2)12-17(3)21(24)25/h12,14,18-20,22H,6-11,13,15H2,1-5H3. The molecular weight excluding hydrogens is 390 g/mol. The van der Waals surface area contributed by atoms with Crippen molar-refractivity contribution in [2.45, 2.75) is 71.4 Å². The molecule has 1 fully saturated rings. The van der Waals surface area contributed by atoms with Crippen molar-refractivity contribution in [2.75, 3.05) is 27.2 Å². The summed E-state index contributed by atoms with van der Waals surface area (Å²) in [6.45, 7) is 6.35. The molecular formula is C21H37N3O4S. The number of hydrogen-bond acceptors (Lipinski definition) is 4. The van der Waals surface area contributed by atoms with Crippen LogP contribution in [-0.4, -0.2) is 50.6 Å². The molecule has 166 valence electrons. The van der Waals surface area contributed by atoms with Gasteiger partial charge in [0.15, 0.2) is 0 Å². The summed E-state index contributed by atoms with van der Waals surface area (Å²) < 4.78 is 35.9. The maximum absolute atomic E-state index is 12.7. The zero-order chi connectivity index (χ0) is 21.6. The van der Waals surface area contributed by atoms with Crippen LogP contribution < -0.4 is 10.3 Å². The van der Waals surface area contributed by atoms with E-state index in [-0.39, 0.29) is 18.2 Å². The lowest BCUT2D eigenvalue weighted by atomic mass is 9.85. The molecule has 1 aliphatic carbocycles. The lowest BCUT2D eigenvalue weighted by molar-refractivity contribution is 0.000970. The monoisotopic (exact) mass is 427 g/mol. The summed E-state index contributed by atoms with van der Waals surface area (Å²) in [6, 6.07) is 1.44. The Kier molecular flexibility index (Phi) is 8.88. The first-order valence-electron chi connectivity index (χ1n) is 10.6. The highest BCUT2D eigenvalue weighted by Crippen LogP contribution is 2.29. The molecule has 1 heterocycles. The maximum atomic E-state index is 12.7. The first kappa shape index (κ1) is 24.1. The fourth-order valence-corrected chi connectivity index (χ4v) is 4.67. The minimum Gasteiger partial charge on any atom is -0.376 e. The van der Waals surface area contributed by atoms with Gasteiger partial charge >= 0.3 is 0 Å². The van der Waals surface area contributed by atoms with Crippen molar-refractivity contribution in [1.82, 2.24) is 13.6 Å². The van der Waals surface area contributed by atoms with E-state index in [1.54, 1.807) is 17.7 Å². The number of nitrogens with one attached hydrogen (secondary N) is 1. The van der Waals surface area contributed by atoms with Gasteiger partial charge in [-0.1, -0.05) is 19.8 Å². The molecule has 1 atom stereocenters. The second-order valence-electron chi connectivity index (χ2n) is 8.47. The largest absolute Gasteiger partial charge is 0.376 e. The summed E-state index contributed by atoms with van der Waals surface area (Å²) in [5, 5.41) is 0.